The molecule has 0 spiro atoms. The molecule has 1 aromatic heterocycles. The van der Waals surface area contributed by atoms with Gasteiger partial charge in [-0.15, -0.1) is 11.3 Å². The van der Waals surface area contributed by atoms with Crippen LogP contribution < -0.4 is 5.32 Å². The zero-order valence-corrected chi connectivity index (χ0v) is 13.3. The summed E-state index contributed by atoms with van der Waals surface area (Å²) in [6.45, 7) is 12.6. The van der Waals surface area contributed by atoms with Crippen LogP contribution in [0.3, 0.4) is 0 Å². The van der Waals surface area contributed by atoms with Crippen molar-refractivity contribution in [2.75, 3.05) is 13.7 Å². The third kappa shape index (κ3) is 5.04. The van der Waals surface area contributed by atoms with E-state index < -0.39 is 0 Å². The molecule has 0 saturated heterocycles. The van der Waals surface area contributed by atoms with E-state index in [0.29, 0.717) is 5.92 Å². The van der Waals surface area contributed by atoms with Gasteiger partial charge in [-0.25, -0.2) is 4.98 Å². The van der Waals surface area contributed by atoms with Crippen molar-refractivity contribution in [1.29, 1.82) is 0 Å². The second kappa shape index (κ2) is 6.64. The lowest BCUT2D eigenvalue weighted by Gasteiger charge is -2.20. The highest BCUT2D eigenvalue weighted by atomic mass is 32.1. The number of methoxy groups -OCH3 is 1. The van der Waals surface area contributed by atoms with Crippen LogP contribution >= 0.6 is 11.3 Å². The average Bonchev–Trinajstić information content (AvgIpc) is 2.66. The van der Waals surface area contributed by atoms with E-state index in [9.17, 15) is 0 Å². The molecule has 0 aliphatic carbocycles. The van der Waals surface area contributed by atoms with Gasteiger partial charge in [-0.1, -0.05) is 13.8 Å². The lowest BCUT2D eigenvalue weighted by molar-refractivity contribution is 0.202. The third-order valence-corrected chi connectivity index (χ3v) is 3.75. The molecule has 1 rings (SSSR count). The summed E-state index contributed by atoms with van der Waals surface area (Å²) >= 11 is 1.81. The Bertz CT molecular complexity index is 366. The van der Waals surface area contributed by atoms with E-state index in [1.54, 1.807) is 7.11 Å². The Balaban J connectivity index is 2.77. The standard InChI is InChI=1S/C14H26N2OS/c1-10(2)13-11(9-15-14(3,4)5)18-12(16-13)7-8-17-6/h10,15H,7-9H2,1-6H3. The van der Waals surface area contributed by atoms with Gasteiger partial charge in [0.15, 0.2) is 0 Å². The summed E-state index contributed by atoms with van der Waals surface area (Å²) in [5.41, 5.74) is 1.38. The molecule has 0 radical (unpaired) electrons. The molecule has 0 aliphatic heterocycles. The average molecular weight is 270 g/mol. The Labute approximate surface area is 115 Å². The summed E-state index contributed by atoms with van der Waals surface area (Å²) in [6.07, 6.45) is 0.913. The van der Waals surface area contributed by atoms with Crippen LogP contribution in [0.5, 0.6) is 0 Å². The maximum absolute atomic E-state index is 5.12. The minimum Gasteiger partial charge on any atom is -0.384 e. The number of hydrogen-bond acceptors (Lipinski definition) is 4. The normalized spacial score (nSPS) is 12.4. The van der Waals surface area contributed by atoms with Gasteiger partial charge in [-0.3, -0.25) is 0 Å². The van der Waals surface area contributed by atoms with Gasteiger partial charge in [0.05, 0.1) is 17.3 Å². The molecular formula is C14H26N2OS. The molecule has 0 unspecified atom stereocenters. The Kier molecular flexibility index (Phi) is 5.76. The zero-order valence-electron chi connectivity index (χ0n) is 12.5. The Morgan fingerprint density at radius 3 is 2.50 bits per heavy atom. The first-order valence-corrected chi connectivity index (χ1v) is 7.37. The first kappa shape index (κ1) is 15.6. The summed E-state index contributed by atoms with van der Waals surface area (Å²) < 4.78 is 5.12. The number of aromatic nitrogens is 1. The van der Waals surface area contributed by atoms with Gasteiger partial charge in [0.1, 0.15) is 0 Å². The Hall–Kier alpha value is -0.450. The van der Waals surface area contributed by atoms with Crippen LogP contribution in [0.15, 0.2) is 0 Å². The molecule has 4 heteroatoms. The summed E-state index contributed by atoms with van der Waals surface area (Å²) in [6, 6.07) is 0. The molecule has 104 valence electrons. The third-order valence-electron chi connectivity index (χ3n) is 2.62. The van der Waals surface area contributed by atoms with Crippen molar-refractivity contribution in [1.82, 2.24) is 10.3 Å². The molecule has 1 N–H and O–H groups in total. The fourth-order valence-corrected chi connectivity index (χ4v) is 2.78. The Morgan fingerprint density at radius 2 is 2.00 bits per heavy atom. The molecular weight excluding hydrogens is 244 g/mol. The maximum atomic E-state index is 5.12. The van der Waals surface area contributed by atoms with Crippen molar-refractivity contribution in [2.24, 2.45) is 0 Å². The van der Waals surface area contributed by atoms with Crippen molar-refractivity contribution in [2.45, 2.75) is 59.0 Å². The summed E-state index contributed by atoms with van der Waals surface area (Å²) in [7, 11) is 1.74. The first-order chi connectivity index (χ1) is 8.33. The van der Waals surface area contributed by atoms with Gasteiger partial charge in [0.25, 0.3) is 0 Å². The number of rotatable bonds is 6. The number of ether oxygens (including phenoxy) is 1. The number of hydrogen-bond donors (Lipinski definition) is 1. The predicted octanol–water partition coefficient (Wildman–Crippen LogP) is 3.34. The highest BCUT2D eigenvalue weighted by Crippen LogP contribution is 2.26. The van der Waals surface area contributed by atoms with Crippen molar-refractivity contribution in [3.05, 3.63) is 15.6 Å². The van der Waals surface area contributed by atoms with Gasteiger partial charge in [-0.2, -0.15) is 0 Å². The monoisotopic (exact) mass is 270 g/mol. The highest BCUT2D eigenvalue weighted by Gasteiger charge is 2.16. The lowest BCUT2D eigenvalue weighted by atomic mass is 10.1. The molecule has 0 aliphatic rings. The van der Waals surface area contributed by atoms with Gasteiger partial charge < -0.3 is 10.1 Å². The van der Waals surface area contributed by atoms with E-state index in [2.05, 4.69) is 39.9 Å². The van der Waals surface area contributed by atoms with Crippen molar-refractivity contribution in [3.8, 4) is 0 Å². The number of nitrogens with zero attached hydrogens (tertiary/aromatic N) is 1. The van der Waals surface area contributed by atoms with Crippen LogP contribution in [-0.4, -0.2) is 24.2 Å². The van der Waals surface area contributed by atoms with Crippen LogP contribution in [0.2, 0.25) is 0 Å². The van der Waals surface area contributed by atoms with Crippen molar-refractivity contribution < 1.29 is 4.74 Å². The molecule has 3 nitrogen and oxygen atoms in total. The maximum Gasteiger partial charge on any atom is 0.0954 e. The molecule has 0 aromatic carbocycles. The number of thiazole rings is 1. The van der Waals surface area contributed by atoms with E-state index in [1.807, 2.05) is 11.3 Å². The van der Waals surface area contributed by atoms with Crippen LogP contribution in [-0.2, 0) is 17.7 Å². The summed E-state index contributed by atoms with van der Waals surface area (Å²) in [5, 5.41) is 4.73. The fourth-order valence-electron chi connectivity index (χ4n) is 1.63. The van der Waals surface area contributed by atoms with E-state index >= 15 is 0 Å². The minimum atomic E-state index is 0.144. The molecule has 1 heterocycles. The van der Waals surface area contributed by atoms with Crippen LogP contribution in [0.4, 0.5) is 0 Å². The first-order valence-electron chi connectivity index (χ1n) is 6.56. The van der Waals surface area contributed by atoms with E-state index in [1.165, 1.54) is 15.6 Å². The van der Waals surface area contributed by atoms with E-state index in [-0.39, 0.29) is 5.54 Å². The molecule has 0 amide bonds. The second-order valence-electron chi connectivity index (χ2n) is 5.92. The fraction of sp³-hybridized carbons (Fsp3) is 0.786. The lowest BCUT2D eigenvalue weighted by Crippen LogP contribution is -2.35. The van der Waals surface area contributed by atoms with Crippen LogP contribution in [0.25, 0.3) is 0 Å². The Morgan fingerprint density at radius 1 is 1.33 bits per heavy atom. The minimum absolute atomic E-state index is 0.144. The van der Waals surface area contributed by atoms with E-state index in [0.717, 1.165) is 19.6 Å². The zero-order chi connectivity index (χ0) is 13.8. The SMILES string of the molecule is COCCc1nc(C(C)C)c(CNC(C)(C)C)s1. The van der Waals surface area contributed by atoms with Gasteiger partial charge in [0, 0.05) is 30.5 Å². The second-order valence-corrected chi connectivity index (χ2v) is 7.09. The van der Waals surface area contributed by atoms with Gasteiger partial charge in [-0.05, 0) is 26.7 Å². The molecule has 1 aromatic rings. The number of nitrogens with one attached hydrogen (secondary N) is 1. The van der Waals surface area contributed by atoms with Gasteiger partial charge in [0.2, 0.25) is 0 Å². The quantitative estimate of drug-likeness (QED) is 0.861. The summed E-state index contributed by atoms with van der Waals surface area (Å²) in [5.74, 6) is 0.481. The van der Waals surface area contributed by atoms with Crippen molar-refractivity contribution >= 4 is 11.3 Å². The van der Waals surface area contributed by atoms with Crippen molar-refractivity contribution in [3.63, 3.8) is 0 Å². The predicted molar refractivity (Wildman–Crippen MR) is 78.4 cm³/mol. The highest BCUT2D eigenvalue weighted by molar-refractivity contribution is 7.11. The molecule has 18 heavy (non-hydrogen) atoms. The molecule has 0 atom stereocenters. The molecule has 0 bridgehead atoms. The van der Waals surface area contributed by atoms with E-state index in [4.69, 9.17) is 9.72 Å². The smallest absolute Gasteiger partial charge is 0.0954 e. The molecule has 0 saturated carbocycles. The molecule has 0 fully saturated rings. The van der Waals surface area contributed by atoms with Crippen LogP contribution in [0.1, 0.15) is 56.1 Å². The largest absolute Gasteiger partial charge is 0.384 e. The topological polar surface area (TPSA) is 34.1 Å². The van der Waals surface area contributed by atoms with Crippen LogP contribution in [0, 0.1) is 0 Å². The summed E-state index contributed by atoms with van der Waals surface area (Å²) in [4.78, 5) is 6.11. The van der Waals surface area contributed by atoms with Gasteiger partial charge >= 0.3 is 0 Å².